The van der Waals surface area contributed by atoms with Crippen LogP contribution in [-0.4, -0.2) is 58.0 Å². The van der Waals surface area contributed by atoms with Gasteiger partial charge < -0.3 is 15.0 Å². The lowest BCUT2D eigenvalue weighted by molar-refractivity contribution is -0.135. The van der Waals surface area contributed by atoms with Gasteiger partial charge in [-0.3, -0.25) is 9.59 Å². The second-order valence-corrected chi connectivity index (χ2v) is 8.84. The van der Waals surface area contributed by atoms with Gasteiger partial charge in [-0.25, -0.2) is 9.97 Å². The average molecular weight is 396 g/mol. The molecule has 7 heteroatoms. The van der Waals surface area contributed by atoms with Gasteiger partial charge in [0.15, 0.2) is 0 Å². The lowest BCUT2D eigenvalue weighted by Gasteiger charge is -2.29. The highest BCUT2D eigenvalue weighted by atomic mass is 16.5. The molecule has 3 aliphatic heterocycles. The van der Waals surface area contributed by atoms with Crippen molar-refractivity contribution in [1.29, 1.82) is 0 Å². The van der Waals surface area contributed by atoms with E-state index in [0.717, 1.165) is 44.5 Å². The molecule has 0 radical (unpaired) electrons. The van der Waals surface area contributed by atoms with Gasteiger partial charge >= 0.3 is 0 Å². The smallest absolute Gasteiger partial charge is 0.254 e. The molecular weight excluding hydrogens is 368 g/mol. The summed E-state index contributed by atoms with van der Waals surface area (Å²) < 4.78 is 6.42. The number of aryl methyl sites for hydroxylation is 1. The number of allylic oxidation sites excluding steroid dienone is 2. The molecule has 1 spiro atoms. The van der Waals surface area contributed by atoms with Crippen LogP contribution in [0.15, 0.2) is 24.5 Å². The Hall–Kier alpha value is -2.28. The van der Waals surface area contributed by atoms with E-state index in [9.17, 15) is 9.59 Å². The molecule has 1 aromatic heterocycles. The Kier molecular flexibility index (Phi) is 4.65. The van der Waals surface area contributed by atoms with Gasteiger partial charge in [-0.1, -0.05) is 19.1 Å². The van der Waals surface area contributed by atoms with E-state index in [0.29, 0.717) is 24.6 Å². The third-order valence-electron chi connectivity index (χ3n) is 7.23. The van der Waals surface area contributed by atoms with Gasteiger partial charge in [0.05, 0.1) is 23.8 Å². The maximum Gasteiger partial charge on any atom is 0.254 e. The molecule has 4 atom stereocenters. The number of ether oxygens (including phenoxy) is 1. The molecule has 1 N–H and O–H groups in total. The molecule has 3 fully saturated rings. The predicted molar refractivity (Wildman–Crippen MR) is 106 cm³/mol. The summed E-state index contributed by atoms with van der Waals surface area (Å²) in [6.07, 6.45) is 12.1. The number of fused-ring (bicyclic) bond motifs is 1. The Morgan fingerprint density at radius 1 is 1.28 bits per heavy atom. The quantitative estimate of drug-likeness (QED) is 0.767. The monoisotopic (exact) mass is 396 g/mol. The van der Waals surface area contributed by atoms with E-state index in [4.69, 9.17) is 4.74 Å². The molecule has 0 aromatic carbocycles. The second-order valence-electron chi connectivity index (χ2n) is 8.84. The zero-order chi connectivity index (χ0) is 20.0. The van der Waals surface area contributed by atoms with E-state index in [-0.39, 0.29) is 35.4 Å². The van der Waals surface area contributed by atoms with Crippen molar-refractivity contribution >= 4 is 11.8 Å². The first-order chi connectivity index (χ1) is 14.1. The first-order valence-electron chi connectivity index (χ1n) is 10.8. The van der Waals surface area contributed by atoms with Crippen LogP contribution in [0.25, 0.3) is 0 Å². The van der Waals surface area contributed by atoms with Crippen LogP contribution >= 0.6 is 0 Å². The van der Waals surface area contributed by atoms with Crippen molar-refractivity contribution in [3.8, 4) is 0 Å². The lowest BCUT2D eigenvalue weighted by Crippen LogP contribution is -2.42. The second kappa shape index (κ2) is 7.20. The molecular formula is C22H28N4O3. The summed E-state index contributed by atoms with van der Waals surface area (Å²) in [5.74, 6) is 1.51. The van der Waals surface area contributed by atoms with Crippen molar-refractivity contribution in [2.24, 2.45) is 17.8 Å². The van der Waals surface area contributed by atoms with Gasteiger partial charge in [0.25, 0.3) is 5.91 Å². The number of aromatic nitrogens is 2. The molecule has 154 valence electrons. The van der Waals surface area contributed by atoms with Gasteiger partial charge in [-0.15, -0.1) is 0 Å². The predicted octanol–water partition coefficient (Wildman–Crippen LogP) is 1.74. The van der Waals surface area contributed by atoms with E-state index in [1.54, 1.807) is 12.4 Å². The first kappa shape index (κ1) is 18.7. The number of rotatable bonds is 5. The van der Waals surface area contributed by atoms with Crippen LogP contribution in [0.3, 0.4) is 0 Å². The van der Waals surface area contributed by atoms with Crippen molar-refractivity contribution in [3.63, 3.8) is 0 Å². The zero-order valence-corrected chi connectivity index (χ0v) is 16.8. The SMILES string of the molecule is CCc1ncc(C(=O)NC[C@H]2[C@H]3CN(C(=O)C4CC=CC4)C[C@]34CC[C@H]2O4)cn1. The van der Waals surface area contributed by atoms with Crippen LogP contribution in [0.5, 0.6) is 0 Å². The molecule has 5 rings (SSSR count). The molecule has 0 unspecified atom stereocenters. The van der Waals surface area contributed by atoms with Gasteiger partial charge in [0.1, 0.15) is 5.82 Å². The molecule has 2 amide bonds. The summed E-state index contributed by atoms with van der Waals surface area (Å²) in [5.41, 5.74) is 0.283. The molecule has 7 nitrogen and oxygen atoms in total. The van der Waals surface area contributed by atoms with Crippen LogP contribution in [0.2, 0.25) is 0 Å². The fraction of sp³-hybridized carbons (Fsp3) is 0.636. The number of hydrogen-bond donors (Lipinski definition) is 1. The number of likely N-dealkylation sites (tertiary alicyclic amines) is 1. The van der Waals surface area contributed by atoms with Crippen molar-refractivity contribution in [2.45, 2.75) is 50.7 Å². The van der Waals surface area contributed by atoms with Crippen LogP contribution in [0.4, 0.5) is 0 Å². The van der Waals surface area contributed by atoms with Crippen molar-refractivity contribution < 1.29 is 14.3 Å². The van der Waals surface area contributed by atoms with E-state index in [2.05, 4.69) is 27.4 Å². The summed E-state index contributed by atoms with van der Waals surface area (Å²) in [5, 5.41) is 3.06. The third-order valence-corrected chi connectivity index (χ3v) is 7.23. The van der Waals surface area contributed by atoms with E-state index < -0.39 is 0 Å². The standard InChI is InChI=1S/C22H28N4O3/c1-2-19-23-9-15(10-24-19)20(27)25-11-16-17-12-26(21(28)14-5-3-4-6-14)13-22(17)8-7-18(16)29-22/h3-4,9-10,14,16-18H,2,5-8,11-13H2,1H3,(H,25,27)/t16-,17+,18+,22+/m0/s1. The summed E-state index contributed by atoms with van der Waals surface area (Å²) in [6.45, 7) is 4.01. The normalized spacial score (nSPS) is 32.7. The lowest BCUT2D eigenvalue weighted by atomic mass is 9.73. The van der Waals surface area contributed by atoms with Gasteiger partial charge in [-0.2, -0.15) is 0 Å². The van der Waals surface area contributed by atoms with Gasteiger partial charge in [0.2, 0.25) is 5.91 Å². The summed E-state index contributed by atoms with van der Waals surface area (Å²) in [4.78, 5) is 35.9. The average Bonchev–Trinajstić information content (AvgIpc) is 3.52. The summed E-state index contributed by atoms with van der Waals surface area (Å²) >= 11 is 0. The fourth-order valence-electron chi connectivity index (χ4n) is 5.68. The minimum atomic E-state index is -0.201. The minimum Gasteiger partial charge on any atom is -0.369 e. The molecule has 0 saturated carbocycles. The molecule has 1 aromatic rings. The van der Waals surface area contributed by atoms with Crippen LogP contribution in [-0.2, 0) is 16.0 Å². The van der Waals surface area contributed by atoms with E-state index in [1.165, 1.54) is 0 Å². The molecule has 4 aliphatic rings. The maximum absolute atomic E-state index is 12.9. The Morgan fingerprint density at radius 2 is 2.03 bits per heavy atom. The molecule has 3 saturated heterocycles. The van der Waals surface area contributed by atoms with Crippen molar-refractivity contribution in [3.05, 3.63) is 35.9 Å². The topological polar surface area (TPSA) is 84.4 Å². The van der Waals surface area contributed by atoms with Crippen molar-refractivity contribution in [1.82, 2.24) is 20.2 Å². The molecule has 29 heavy (non-hydrogen) atoms. The Bertz CT molecular complexity index is 831. The largest absolute Gasteiger partial charge is 0.369 e. The van der Waals surface area contributed by atoms with Crippen LogP contribution in [0, 0.1) is 17.8 Å². The highest BCUT2D eigenvalue weighted by Crippen LogP contribution is 2.54. The Balaban J connectivity index is 1.23. The highest BCUT2D eigenvalue weighted by molar-refractivity contribution is 5.93. The number of nitrogens with zero attached hydrogens (tertiary/aromatic N) is 3. The minimum absolute atomic E-state index is 0.103. The number of nitrogens with one attached hydrogen (secondary N) is 1. The first-order valence-corrected chi connectivity index (χ1v) is 10.8. The molecule has 2 bridgehead atoms. The molecule has 1 aliphatic carbocycles. The van der Waals surface area contributed by atoms with Crippen LogP contribution in [0.1, 0.15) is 48.8 Å². The number of carbonyl (C=O) groups excluding carboxylic acids is 2. The highest BCUT2D eigenvalue weighted by Gasteiger charge is 2.63. The number of amides is 2. The number of hydrogen-bond acceptors (Lipinski definition) is 5. The van der Waals surface area contributed by atoms with E-state index in [1.807, 2.05) is 11.8 Å². The van der Waals surface area contributed by atoms with Gasteiger partial charge in [-0.05, 0) is 25.7 Å². The molecule has 4 heterocycles. The maximum atomic E-state index is 12.9. The summed E-state index contributed by atoms with van der Waals surface area (Å²) in [7, 11) is 0. The Morgan fingerprint density at radius 3 is 2.76 bits per heavy atom. The van der Waals surface area contributed by atoms with Crippen molar-refractivity contribution in [2.75, 3.05) is 19.6 Å². The summed E-state index contributed by atoms with van der Waals surface area (Å²) in [6, 6.07) is 0. The van der Waals surface area contributed by atoms with Crippen LogP contribution < -0.4 is 5.32 Å². The zero-order valence-electron chi connectivity index (χ0n) is 16.8. The number of carbonyl (C=O) groups is 2. The Labute approximate surface area is 170 Å². The van der Waals surface area contributed by atoms with E-state index >= 15 is 0 Å². The third kappa shape index (κ3) is 3.16. The van der Waals surface area contributed by atoms with Gasteiger partial charge in [0, 0.05) is 49.7 Å². The fourth-order valence-corrected chi connectivity index (χ4v) is 5.68.